The Kier molecular flexibility index (Phi) is 4.53. The second-order valence-corrected chi connectivity index (χ2v) is 6.16. The molecule has 0 amide bonds. The summed E-state index contributed by atoms with van der Waals surface area (Å²) in [5, 5.41) is 3.87. The first kappa shape index (κ1) is 15.8. The summed E-state index contributed by atoms with van der Waals surface area (Å²) in [6.45, 7) is 2.24. The van der Waals surface area contributed by atoms with Crippen LogP contribution in [0.25, 0.3) is 0 Å². The number of hydrogen-bond acceptors (Lipinski definition) is 4. The van der Waals surface area contributed by atoms with Gasteiger partial charge in [-0.25, -0.2) is 4.98 Å². The summed E-state index contributed by atoms with van der Waals surface area (Å²) in [7, 11) is 0. The van der Waals surface area contributed by atoms with Gasteiger partial charge < -0.3 is 10.1 Å². The Labute approximate surface area is 140 Å². The minimum absolute atomic E-state index is 0.136. The minimum atomic E-state index is -0.502. The van der Waals surface area contributed by atoms with Crippen LogP contribution >= 0.6 is 11.6 Å². The highest BCUT2D eigenvalue weighted by molar-refractivity contribution is 6.30. The van der Waals surface area contributed by atoms with Crippen LogP contribution in [0.4, 0.5) is 11.5 Å². The normalized spacial score (nSPS) is 15.6. The Morgan fingerprint density at radius 1 is 1.35 bits per heavy atom. The SMILES string of the molecule is CCOC(=O)C1(c2ccc(Nc3cccc(Cl)c3)nc2)CCC1. The third-order valence-corrected chi connectivity index (χ3v) is 4.52. The zero-order valence-corrected chi connectivity index (χ0v) is 13.8. The highest BCUT2D eigenvalue weighted by atomic mass is 35.5. The molecule has 0 saturated heterocycles. The third-order valence-electron chi connectivity index (χ3n) is 4.29. The average molecular weight is 331 g/mol. The van der Waals surface area contributed by atoms with E-state index in [0.29, 0.717) is 17.4 Å². The van der Waals surface area contributed by atoms with Crippen molar-refractivity contribution in [2.24, 2.45) is 0 Å². The number of hydrogen-bond donors (Lipinski definition) is 1. The Hall–Kier alpha value is -2.07. The number of carbonyl (C=O) groups is 1. The van der Waals surface area contributed by atoms with E-state index in [-0.39, 0.29) is 5.97 Å². The molecule has 1 aromatic carbocycles. The predicted octanol–water partition coefficient (Wildman–Crippen LogP) is 4.46. The predicted molar refractivity (Wildman–Crippen MR) is 91.1 cm³/mol. The van der Waals surface area contributed by atoms with E-state index < -0.39 is 5.41 Å². The Bertz CT molecular complexity index is 696. The Morgan fingerprint density at radius 3 is 2.74 bits per heavy atom. The van der Waals surface area contributed by atoms with Gasteiger partial charge in [-0.05, 0) is 49.6 Å². The van der Waals surface area contributed by atoms with Crippen LogP contribution in [0.1, 0.15) is 31.7 Å². The van der Waals surface area contributed by atoms with Crippen molar-refractivity contribution >= 4 is 29.1 Å². The molecule has 1 aliphatic carbocycles. The number of carbonyl (C=O) groups excluding carboxylic acids is 1. The van der Waals surface area contributed by atoms with Crippen LogP contribution in [-0.4, -0.2) is 17.6 Å². The first-order chi connectivity index (χ1) is 11.1. The number of rotatable bonds is 5. The first-order valence-corrected chi connectivity index (χ1v) is 8.18. The van der Waals surface area contributed by atoms with Crippen LogP contribution in [-0.2, 0) is 14.9 Å². The largest absolute Gasteiger partial charge is 0.465 e. The zero-order valence-electron chi connectivity index (χ0n) is 13.0. The van der Waals surface area contributed by atoms with Gasteiger partial charge in [0.05, 0.1) is 12.0 Å². The lowest BCUT2D eigenvalue weighted by atomic mass is 9.65. The number of aromatic nitrogens is 1. The molecule has 0 aliphatic heterocycles. The van der Waals surface area contributed by atoms with Gasteiger partial charge in [-0.2, -0.15) is 0 Å². The number of pyridine rings is 1. The van der Waals surface area contributed by atoms with Crippen molar-refractivity contribution in [3.63, 3.8) is 0 Å². The van der Waals surface area contributed by atoms with Crippen LogP contribution in [0.2, 0.25) is 5.02 Å². The summed E-state index contributed by atoms with van der Waals surface area (Å²) >= 11 is 5.98. The summed E-state index contributed by atoms with van der Waals surface area (Å²) in [6, 6.07) is 11.3. The molecule has 23 heavy (non-hydrogen) atoms. The minimum Gasteiger partial charge on any atom is -0.465 e. The van der Waals surface area contributed by atoms with E-state index in [9.17, 15) is 4.79 Å². The van der Waals surface area contributed by atoms with Crippen molar-refractivity contribution in [1.82, 2.24) is 4.98 Å². The lowest BCUT2D eigenvalue weighted by Crippen LogP contribution is -2.43. The van der Waals surface area contributed by atoms with Gasteiger partial charge in [-0.15, -0.1) is 0 Å². The quantitative estimate of drug-likeness (QED) is 0.822. The highest BCUT2D eigenvalue weighted by Crippen LogP contribution is 2.44. The van der Waals surface area contributed by atoms with Gasteiger partial charge in [0.2, 0.25) is 0 Å². The van der Waals surface area contributed by atoms with Gasteiger partial charge in [-0.3, -0.25) is 4.79 Å². The molecule has 120 valence electrons. The number of nitrogens with zero attached hydrogens (tertiary/aromatic N) is 1. The van der Waals surface area contributed by atoms with E-state index >= 15 is 0 Å². The molecule has 4 nitrogen and oxygen atoms in total. The van der Waals surface area contributed by atoms with E-state index in [1.54, 1.807) is 6.20 Å². The van der Waals surface area contributed by atoms with E-state index in [2.05, 4.69) is 10.3 Å². The summed E-state index contributed by atoms with van der Waals surface area (Å²) in [6.07, 6.45) is 4.47. The van der Waals surface area contributed by atoms with Gasteiger partial charge in [0.15, 0.2) is 0 Å². The molecule has 0 unspecified atom stereocenters. The first-order valence-electron chi connectivity index (χ1n) is 7.80. The summed E-state index contributed by atoms with van der Waals surface area (Å²) in [5.41, 5.74) is 1.30. The van der Waals surface area contributed by atoms with E-state index in [0.717, 1.165) is 30.5 Å². The van der Waals surface area contributed by atoms with Crippen molar-refractivity contribution in [2.45, 2.75) is 31.6 Å². The van der Waals surface area contributed by atoms with E-state index in [1.165, 1.54) is 0 Å². The molecule has 0 atom stereocenters. The Balaban J connectivity index is 1.77. The molecule has 2 aromatic rings. The summed E-state index contributed by atoms with van der Waals surface area (Å²) in [4.78, 5) is 16.7. The molecule has 1 heterocycles. The van der Waals surface area contributed by atoms with Crippen molar-refractivity contribution in [3.8, 4) is 0 Å². The second-order valence-electron chi connectivity index (χ2n) is 5.72. The Morgan fingerprint density at radius 2 is 2.17 bits per heavy atom. The van der Waals surface area contributed by atoms with Crippen LogP contribution in [0.5, 0.6) is 0 Å². The fourth-order valence-corrected chi connectivity index (χ4v) is 3.07. The lowest BCUT2D eigenvalue weighted by Gasteiger charge is -2.39. The molecule has 0 radical (unpaired) electrons. The lowest BCUT2D eigenvalue weighted by molar-refractivity contribution is -0.153. The van der Waals surface area contributed by atoms with Crippen molar-refractivity contribution in [1.29, 1.82) is 0 Å². The maximum Gasteiger partial charge on any atom is 0.316 e. The van der Waals surface area contributed by atoms with Crippen molar-refractivity contribution in [3.05, 3.63) is 53.2 Å². The molecule has 1 aromatic heterocycles. The number of benzene rings is 1. The second kappa shape index (κ2) is 6.59. The molecule has 0 spiro atoms. The van der Waals surface area contributed by atoms with Crippen molar-refractivity contribution < 1.29 is 9.53 Å². The number of esters is 1. The number of ether oxygens (including phenoxy) is 1. The number of halogens is 1. The molecule has 1 fully saturated rings. The van der Waals surface area contributed by atoms with Crippen LogP contribution < -0.4 is 5.32 Å². The smallest absolute Gasteiger partial charge is 0.316 e. The molecule has 3 rings (SSSR count). The van der Waals surface area contributed by atoms with Gasteiger partial charge in [0.1, 0.15) is 5.82 Å². The maximum absolute atomic E-state index is 12.3. The summed E-state index contributed by atoms with van der Waals surface area (Å²) < 4.78 is 5.25. The van der Waals surface area contributed by atoms with Crippen molar-refractivity contribution in [2.75, 3.05) is 11.9 Å². The van der Waals surface area contributed by atoms with Gasteiger partial charge >= 0.3 is 5.97 Å². The standard InChI is InChI=1S/C18H19ClN2O2/c1-2-23-17(22)18(9-4-10-18)13-7-8-16(20-12-13)21-15-6-3-5-14(19)11-15/h3,5-8,11-12H,2,4,9-10H2,1H3,(H,20,21). The van der Waals surface area contributed by atoms with Gasteiger partial charge in [0, 0.05) is 16.9 Å². The summed E-state index contributed by atoms with van der Waals surface area (Å²) in [5.74, 6) is 0.581. The van der Waals surface area contributed by atoms with Crippen LogP contribution in [0.3, 0.4) is 0 Å². The fourth-order valence-electron chi connectivity index (χ4n) is 2.88. The fraction of sp³-hybridized carbons (Fsp3) is 0.333. The monoisotopic (exact) mass is 330 g/mol. The molecule has 1 saturated carbocycles. The third kappa shape index (κ3) is 3.17. The van der Waals surface area contributed by atoms with Gasteiger partial charge in [0.25, 0.3) is 0 Å². The maximum atomic E-state index is 12.3. The van der Waals surface area contributed by atoms with Gasteiger partial charge in [-0.1, -0.05) is 30.2 Å². The molecule has 0 bridgehead atoms. The molecular weight excluding hydrogens is 312 g/mol. The number of nitrogens with one attached hydrogen (secondary N) is 1. The highest BCUT2D eigenvalue weighted by Gasteiger charge is 2.47. The molecular formula is C18H19ClN2O2. The van der Waals surface area contributed by atoms with Crippen LogP contribution in [0, 0.1) is 0 Å². The topological polar surface area (TPSA) is 51.2 Å². The molecule has 5 heteroatoms. The number of anilines is 2. The van der Waals surface area contributed by atoms with E-state index in [4.69, 9.17) is 16.3 Å². The van der Waals surface area contributed by atoms with Crippen LogP contribution in [0.15, 0.2) is 42.6 Å². The molecule has 1 aliphatic rings. The average Bonchev–Trinajstić information content (AvgIpc) is 2.48. The van der Waals surface area contributed by atoms with E-state index in [1.807, 2.05) is 43.3 Å². The molecule has 1 N–H and O–H groups in total. The zero-order chi connectivity index (χ0) is 16.3.